The maximum absolute atomic E-state index is 12.2. The number of hydrogen-bond acceptors (Lipinski definition) is 2. The van der Waals surface area contributed by atoms with Crippen molar-refractivity contribution >= 4 is 21.8 Å². The van der Waals surface area contributed by atoms with Crippen molar-refractivity contribution in [2.45, 2.75) is 25.8 Å². The van der Waals surface area contributed by atoms with Crippen LogP contribution in [0.1, 0.15) is 24.0 Å². The van der Waals surface area contributed by atoms with Gasteiger partial charge in [-0.25, -0.2) is 0 Å². The normalized spacial score (nSPS) is 10.6. The Morgan fingerprint density at radius 1 is 1.04 bits per heavy atom. The molecule has 0 spiro atoms. The second kappa shape index (κ2) is 10.3. The number of nitrogens with zero attached hydrogens (tertiary/aromatic N) is 1. The summed E-state index contributed by atoms with van der Waals surface area (Å²) < 4.78 is 6.66. The Balaban J connectivity index is 1.60. The Hall–Kier alpha value is -1.65. The standard InChI is InChI=1S/C20H24BrNO2/c1-22(16-18-10-5-6-11-19(18)21)20(23)12-7-14-24-15-13-17-8-3-2-4-9-17/h2-6,8-11H,7,12-16H2,1H3. The predicted molar refractivity (Wildman–Crippen MR) is 101 cm³/mol. The molecule has 0 unspecified atom stereocenters. The molecule has 0 fully saturated rings. The van der Waals surface area contributed by atoms with Crippen LogP contribution in [-0.4, -0.2) is 31.1 Å². The van der Waals surface area contributed by atoms with Gasteiger partial charge in [0.25, 0.3) is 0 Å². The summed E-state index contributed by atoms with van der Waals surface area (Å²) in [5.74, 6) is 0.150. The summed E-state index contributed by atoms with van der Waals surface area (Å²) in [5.41, 5.74) is 2.40. The third kappa shape index (κ3) is 6.46. The zero-order valence-corrected chi connectivity index (χ0v) is 15.7. The molecule has 0 aliphatic carbocycles. The number of rotatable bonds is 9. The van der Waals surface area contributed by atoms with Gasteiger partial charge in [-0.1, -0.05) is 64.5 Å². The van der Waals surface area contributed by atoms with Crippen LogP contribution in [0.5, 0.6) is 0 Å². The third-order valence-electron chi connectivity index (χ3n) is 3.85. The zero-order valence-electron chi connectivity index (χ0n) is 14.1. The number of halogens is 1. The van der Waals surface area contributed by atoms with E-state index in [9.17, 15) is 4.79 Å². The average Bonchev–Trinajstić information content (AvgIpc) is 2.60. The molecule has 0 N–H and O–H groups in total. The van der Waals surface area contributed by atoms with Gasteiger partial charge in [0.2, 0.25) is 5.91 Å². The molecule has 0 saturated carbocycles. The smallest absolute Gasteiger partial charge is 0.222 e. The highest BCUT2D eigenvalue weighted by molar-refractivity contribution is 9.10. The second-order valence-electron chi connectivity index (χ2n) is 5.79. The molecule has 0 heterocycles. The highest BCUT2D eigenvalue weighted by atomic mass is 79.9. The summed E-state index contributed by atoms with van der Waals surface area (Å²) in [6.45, 7) is 1.95. The first-order valence-electron chi connectivity index (χ1n) is 8.26. The first-order valence-corrected chi connectivity index (χ1v) is 9.05. The molecule has 0 bridgehead atoms. The van der Waals surface area contributed by atoms with Gasteiger partial charge in [0.1, 0.15) is 0 Å². The van der Waals surface area contributed by atoms with Crippen LogP contribution in [0.3, 0.4) is 0 Å². The fraction of sp³-hybridized carbons (Fsp3) is 0.350. The van der Waals surface area contributed by atoms with Gasteiger partial charge in [0.15, 0.2) is 0 Å². The van der Waals surface area contributed by atoms with Crippen LogP contribution in [0.15, 0.2) is 59.1 Å². The van der Waals surface area contributed by atoms with Crippen molar-refractivity contribution in [1.82, 2.24) is 4.90 Å². The van der Waals surface area contributed by atoms with E-state index in [2.05, 4.69) is 28.1 Å². The van der Waals surface area contributed by atoms with Gasteiger partial charge in [0.05, 0.1) is 6.61 Å². The number of carbonyl (C=O) groups excluding carboxylic acids is 1. The van der Waals surface area contributed by atoms with E-state index in [-0.39, 0.29) is 5.91 Å². The Morgan fingerprint density at radius 3 is 2.50 bits per heavy atom. The molecular weight excluding hydrogens is 366 g/mol. The lowest BCUT2D eigenvalue weighted by Gasteiger charge is -2.18. The quantitative estimate of drug-likeness (QED) is 0.593. The lowest BCUT2D eigenvalue weighted by Crippen LogP contribution is -2.26. The van der Waals surface area contributed by atoms with E-state index < -0.39 is 0 Å². The number of benzene rings is 2. The van der Waals surface area contributed by atoms with Crippen molar-refractivity contribution in [2.75, 3.05) is 20.3 Å². The average molecular weight is 390 g/mol. The highest BCUT2D eigenvalue weighted by Gasteiger charge is 2.10. The molecule has 1 amide bonds. The zero-order chi connectivity index (χ0) is 17.2. The van der Waals surface area contributed by atoms with Crippen LogP contribution in [0.2, 0.25) is 0 Å². The van der Waals surface area contributed by atoms with Gasteiger partial charge in [-0.3, -0.25) is 4.79 Å². The van der Waals surface area contributed by atoms with Crippen LogP contribution in [-0.2, 0) is 22.5 Å². The van der Waals surface area contributed by atoms with Crippen molar-refractivity contribution in [3.05, 3.63) is 70.2 Å². The van der Waals surface area contributed by atoms with E-state index in [1.54, 1.807) is 4.90 Å². The maximum atomic E-state index is 12.2. The van der Waals surface area contributed by atoms with Crippen molar-refractivity contribution < 1.29 is 9.53 Å². The van der Waals surface area contributed by atoms with E-state index in [1.165, 1.54) is 5.56 Å². The topological polar surface area (TPSA) is 29.5 Å². The number of hydrogen-bond donors (Lipinski definition) is 0. The first-order chi connectivity index (χ1) is 11.7. The summed E-state index contributed by atoms with van der Waals surface area (Å²) in [5, 5.41) is 0. The Bertz CT molecular complexity index is 631. The van der Waals surface area contributed by atoms with Crippen LogP contribution >= 0.6 is 15.9 Å². The summed E-state index contributed by atoms with van der Waals surface area (Å²) in [7, 11) is 1.85. The molecule has 0 aliphatic heterocycles. The molecule has 4 heteroatoms. The molecule has 0 atom stereocenters. The van der Waals surface area contributed by atoms with E-state index in [4.69, 9.17) is 4.74 Å². The molecule has 2 rings (SSSR count). The number of carbonyl (C=O) groups is 1. The predicted octanol–water partition coefficient (Wildman–Crippen LogP) is 4.45. The van der Waals surface area contributed by atoms with Crippen LogP contribution in [0, 0.1) is 0 Å². The van der Waals surface area contributed by atoms with Gasteiger partial charge < -0.3 is 9.64 Å². The fourth-order valence-electron chi connectivity index (χ4n) is 2.42. The van der Waals surface area contributed by atoms with Crippen LogP contribution in [0.25, 0.3) is 0 Å². The van der Waals surface area contributed by atoms with Gasteiger partial charge >= 0.3 is 0 Å². The molecule has 0 saturated heterocycles. The van der Waals surface area contributed by atoms with Gasteiger partial charge in [-0.05, 0) is 30.0 Å². The largest absolute Gasteiger partial charge is 0.381 e. The Kier molecular flexibility index (Phi) is 7.99. The molecule has 0 aromatic heterocycles. The summed E-state index contributed by atoms with van der Waals surface area (Å²) in [4.78, 5) is 13.9. The molecule has 2 aromatic carbocycles. The minimum Gasteiger partial charge on any atom is -0.381 e. The monoisotopic (exact) mass is 389 g/mol. The second-order valence-corrected chi connectivity index (χ2v) is 6.65. The number of ether oxygens (including phenoxy) is 1. The minimum absolute atomic E-state index is 0.150. The SMILES string of the molecule is CN(Cc1ccccc1Br)C(=O)CCCOCCc1ccccc1. The van der Waals surface area contributed by atoms with E-state index in [1.807, 2.05) is 49.5 Å². The Morgan fingerprint density at radius 2 is 1.75 bits per heavy atom. The molecule has 3 nitrogen and oxygen atoms in total. The molecule has 0 aliphatic rings. The van der Waals surface area contributed by atoms with Crippen molar-refractivity contribution in [1.29, 1.82) is 0 Å². The molecular formula is C20H24BrNO2. The summed E-state index contributed by atoms with van der Waals surface area (Å²) >= 11 is 3.52. The minimum atomic E-state index is 0.150. The van der Waals surface area contributed by atoms with Crippen LogP contribution < -0.4 is 0 Å². The molecule has 0 radical (unpaired) electrons. The molecule has 128 valence electrons. The lowest BCUT2D eigenvalue weighted by atomic mass is 10.2. The van der Waals surface area contributed by atoms with Gasteiger partial charge in [-0.2, -0.15) is 0 Å². The fourth-order valence-corrected chi connectivity index (χ4v) is 2.83. The van der Waals surface area contributed by atoms with Gasteiger partial charge in [0, 0.05) is 31.1 Å². The first kappa shape index (κ1) is 18.7. The maximum Gasteiger partial charge on any atom is 0.222 e. The third-order valence-corrected chi connectivity index (χ3v) is 4.62. The summed E-state index contributed by atoms with van der Waals surface area (Å²) in [6.07, 6.45) is 2.19. The van der Waals surface area contributed by atoms with Crippen LogP contribution in [0.4, 0.5) is 0 Å². The van der Waals surface area contributed by atoms with Crippen molar-refractivity contribution in [3.63, 3.8) is 0 Å². The number of amides is 1. The van der Waals surface area contributed by atoms with Gasteiger partial charge in [-0.15, -0.1) is 0 Å². The van der Waals surface area contributed by atoms with E-state index >= 15 is 0 Å². The van der Waals surface area contributed by atoms with Crippen molar-refractivity contribution in [3.8, 4) is 0 Å². The van der Waals surface area contributed by atoms with Crippen molar-refractivity contribution in [2.24, 2.45) is 0 Å². The molecule has 2 aromatic rings. The lowest BCUT2D eigenvalue weighted by molar-refractivity contribution is -0.130. The Labute approximate surface area is 152 Å². The van der Waals surface area contributed by atoms with E-state index in [0.717, 1.165) is 22.9 Å². The van der Waals surface area contributed by atoms with E-state index in [0.29, 0.717) is 26.2 Å². The summed E-state index contributed by atoms with van der Waals surface area (Å²) in [6, 6.07) is 18.3. The molecule has 24 heavy (non-hydrogen) atoms. The highest BCUT2D eigenvalue weighted by Crippen LogP contribution is 2.17.